The SMILES string of the molecule is COc1ccc(Cl)c(Nc2nc3ccccc3nc2N(c2cccc(C(=O)N=[N+]=NN3CCOCC3)c2)S(=O)[O-])c1. The number of hydrogen-bond donors (Lipinski definition) is 1. The Morgan fingerprint density at radius 2 is 1.88 bits per heavy atom. The molecule has 1 atom stereocenters. The van der Waals surface area contributed by atoms with Crippen molar-refractivity contribution in [2.24, 2.45) is 10.3 Å². The van der Waals surface area contributed by atoms with Crippen LogP contribution in [0.4, 0.5) is 23.0 Å². The van der Waals surface area contributed by atoms with Gasteiger partial charge in [-0.05, 0) is 42.5 Å². The van der Waals surface area contributed by atoms with Gasteiger partial charge in [0.25, 0.3) is 0 Å². The molecule has 5 rings (SSSR count). The van der Waals surface area contributed by atoms with Crippen LogP contribution >= 0.6 is 11.6 Å². The van der Waals surface area contributed by atoms with Crippen LogP contribution in [0.15, 0.2) is 77.1 Å². The number of methoxy groups -OCH3 is 1. The lowest BCUT2D eigenvalue weighted by atomic mass is 10.2. The highest BCUT2D eigenvalue weighted by Gasteiger charge is 2.22. The predicted molar refractivity (Wildman–Crippen MR) is 152 cm³/mol. The number of ether oxygens (including phenoxy) is 2. The minimum atomic E-state index is -2.88. The summed E-state index contributed by atoms with van der Waals surface area (Å²) in [4.78, 5) is 25.6. The van der Waals surface area contributed by atoms with Gasteiger partial charge in [-0.25, -0.2) is 9.97 Å². The minimum Gasteiger partial charge on any atom is -0.755 e. The Morgan fingerprint density at radius 3 is 2.61 bits per heavy atom. The van der Waals surface area contributed by atoms with Crippen molar-refractivity contribution in [1.29, 1.82) is 0 Å². The first-order valence-electron chi connectivity index (χ1n) is 12.3. The number of halogens is 1. The second kappa shape index (κ2) is 12.8. The van der Waals surface area contributed by atoms with Crippen LogP contribution in [0.1, 0.15) is 10.4 Å². The molecule has 0 saturated carbocycles. The Kier molecular flexibility index (Phi) is 8.77. The standard InChI is InChI=1S/C26H23ClN8O5S/c1-39-19-9-10-20(27)23(16-19)29-24-25(30-22-8-3-2-7-21(22)28-24)35(41(37)38)18-6-4-5-17(15-18)26(36)31-32-33-34-11-13-40-14-12-34/h2-10,15-16H,11-14H2,1H3,(H-,28,29,37,38). The van der Waals surface area contributed by atoms with Crippen LogP contribution < -0.4 is 19.3 Å². The molecule has 1 saturated heterocycles. The molecule has 2 heterocycles. The summed E-state index contributed by atoms with van der Waals surface area (Å²) in [6.07, 6.45) is 0. The van der Waals surface area contributed by atoms with Crippen molar-refractivity contribution in [2.45, 2.75) is 0 Å². The maximum Gasteiger partial charge on any atom is 0.335 e. The molecule has 1 aliphatic heterocycles. The van der Waals surface area contributed by atoms with Gasteiger partial charge in [-0.15, -0.1) is 5.01 Å². The number of carbonyl (C=O) groups excluding carboxylic acids is 1. The lowest BCUT2D eigenvalue weighted by molar-refractivity contribution is 0.0340. The number of fused-ring (bicyclic) bond motifs is 1. The van der Waals surface area contributed by atoms with Crippen LogP contribution in [-0.4, -0.2) is 63.1 Å². The van der Waals surface area contributed by atoms with Gasteiger partial charge in [0.1, 0.15) is 18.8 Å². The predicted octanol–water partition coefficient (Wildman–Crippen LogP) is 4.33. The molecule has 1 aliphatic rings. The third-order valence-corrected chi connectivity index (χ3v) is 6.95. The molecule has 41 heavy (non-hydrogen) atoms. The van der Waals surface area contributed by atoms with Crippen LogP contribution in [0.25, 0.3) is 11.0 Å². The molecule has 0 bridgehead atoms. The van der Waals surface area contributed by atoms with Crippen molar-refractivity contribution < 1.29 is 23.0 Å². The summed E-state index contributed by atoms with van der Waals surface area (Å²) in [7, 11) is 1.52. The second-order valence-corrected chi connectivity index (χ2v) is 9.77. The van der Waals surface area contributed by atoms with Crippen molar-refractivity contribution in [3.05, 3.63) is 77.3 Å². The van der Waals surface area contributed by atoms with Gasteiger partial charge < -0.3 is 19.3 Å². The maximum absolute atomic E-state index is 12.7. The molecule has 1 N–H and O–H groups in total. The van der Waals surface area contributed by atoms with Crippen LogP contribution in [0.5, 0.6) is 5.75 Å². The highest BCUT2D eigenvalue weighted by atomic mass is 35.5. The topological polar surface area (TPSA) is 159 Å². The van der Waals surface area contributed by atoms with Crippen molar-refractivity contribution >= 4 is 62.8 Å². The fraction of sp³-hybridized carbons (Fsp3) is 0.192. The number of aromatic nitrogens is 2. The number of rotatable bonds is 8. The molecule has 15 heteroatoms. The molecule has 210 valence electrons. The number of anilines is 4. The third-order valence-electron chi connectivity index (χ3n) is 5.94. The van der Waals surface area contributed by atoms with E-state index in [4.69, 9.17) is 21.1 Å². The van der Waals surface area contributed by atoms with E-state index in [0.717, 1.165) is 4.31 Å². The van der Waals surface area contributed by atoms with E-state index < -0.39 is 17.2 Å². The van der Waals surface area contributed by atoms with Gasteiger partial charge >= 0.3 is 5.91 Å². The largest absolute Gasteiger partial charge is 0.755 e. The van der Waals surface area contributed by atoms with Gasteiger partial charge in [-0.1, -0.05) is 29.8 Å². The average molecular weight is 595 g/mol. The van der Waals surface area contributed by atoms with Gasteiger partial charge in [0.15, 0.2) is 11.6 Å². The molecule has 13 nitrogen and oxygen atoms in total. The van der Waals surface area contributed by atoms with Crippen molar-refractivity contribution in [2.75, 3.05) is 43.0 Å². The van der Waals surface area contributed by atoms with Gasteiger partial charge in [-0.3, -0.25) is 13.3 Å². The van der Waals surface area contributed by atoms with Crippen LogP contribution in [-0.2, 0) is 16.0 Å². The zero-order valence-electron chi connectivity index (χ0n) is 21.6. The van der Waals surface area contributed by atoms with Gasteiger partial charge in [0.05, 0.1) is 69.0 Å². The number of hydrogen-bond acceptors (Lipinski definition) is 9. The molecular weight excluding hydrogens is 572 g/mol. The molecule has 0 radical (unpaired) electrons. The van der Waals surface area contributed by atoms with E-state index in [9.17, 15) is 13.6 Å². The van der Waals surface area contributed by atoms with Crippen LogP contribution in [0.2, 0.25) is 5.02 Å². The van der Waals surface area contributed by atoms with E-state index >= 15 is 0 Å². The fourth-order valence-electron chi connectivity index (χ4n) is 3.93. The normalized spacial score (nSPS) is 13.7. The summed E-state index contributed by atoms with van der Waals surface area (Å²) in [6.45, 7) is 2.10. The molecule has 1 fully saturated rings. The first kappa shape index (κ1) is 28.1. The summed E-state index contributed by atoms with van der Waals surface area (Å²) < 4.78 is 36.8. The molecule has 4 aromatic rings. The van der Waals surface area contributed by atoms with E-state index in [-0.39, 0.29) is 22.9 Å². The third kappa shape index (κ3) is 6.65. The first-order valence-corrected chi connectivity index (χ1v) is 13.7. The summed E-state index contributed by atoms with van der Waals surface area (Å²) in [6, 6.07) is 17.9. The minimum absolute atomic E-state index is 0.0514. The van der Waals surface area contributed by atoms with E-state index in [2.05, 4.69) is 30.5 Å². The molecule has 0 aliphatic carbocycles. The second-order valence-electron chi connectivity index (χ2n) is 8.57. The summed E-state index contributed by atoms with van der Waals surface area (Å²) >= 11 is 3.53. The maximum atomic E-state index is 12.7. The molecule has 1 amide bonds. The number of nitrogens with zero attached hydrogens (tertiary/aromatic N) is 7. The number of morpholine rings is 1. The number of amides is 1. The lowest BCUT2D eigenvalue weighted by Gasteiger charge is -2.27. The summed E-state index contributed by atoms with van der Waals surface area (Å²) in [5.41, 5.74) is 1.60. The molecular formula is C26H23ClN8O5S. The van der Waals surface area contributed by atoms with E-state index in [0.29, 0.717) is 53.8 Å². The summed E-state index contributed by atoms with van der Waals surface area (Å²) in [5, 5.41) is 12.6. The Hall–Kier alpha value is -4.46. The Balaban J connectivity index is 1.54. The van der Waals surface area contributed by atoms with Gasteiger partial charge in [0, 0.05) is 11.6 Å². The Morgan fingerprint density at radius 1 is 1.12 bits per heavy atom. The monoisotopic (exact) mass is 594 g/mol. The van der Waals surface area contributed by atoms with Crippen molar-refractivity contribution in [1.82, 2.24) is 19.9 Å². The summed E-state index contributed by atoms with van der Waals surface area (Å²) in [5.74, 6) is -0.128. The molecule has 3 aromatic carbocycles. The molecule has 1 aromatic heterocycles. The first-order chi connectivity index (χ1) is 19.9. The van der Waals surface area contributed by atoms with Crippen molar-refractivity contribution in [3.8, 4) is 5.75 Å². The van der Waals surface area contributed by atoms with Gasteiger partial charge in [0.2, 0.25) is 5.22 Å². The number of benzene rings is 3. The van der Waals surface area contributed by atoms with E-state index in [1.165, 1.54) is 31.4 Å². The molecule has 0 spiro atoms. The Labute approximate surface area is 241 Å². The average Bonchev–Trinajstić information content (AvgIpc) is 2.99. The zero-order chi connectivity index (χ0) is 28.8. The van der Waals surface area contributed by atoms with Crippen LogP contribution in [0, 0.1) is 0 Å². The van der Waals surface area contributed by atoms with Gasteiger partial charge in [-0.2, -0.15) is 0 Å². The van der Waals surface area contributed by atoms with Crippen molar-refractivity contribution in [3.63, 3.8) is 0 Å². The number of carbonyl (C=O) groups is 1. The van der Waals surface area contributed by atoms with Crippen LogP contribution in [0.3, 0.4) is 0 Å². The fourth-order valence-corrected chi connectivity index (χ4v) is 4.65. The quantitative estimate of drug-likeness (QED) is 0.178. The number of para-hydroxylation sites is 2. The highest BCUT2D eigenvalue weighted by Crippen LogP contribution is 2.36. The van der Waals surface area contributed by atoms with E-state index in [1.54, 1.807) is 47.5 Å². The smallest absolute Gasteiger partial charge is 0.335 e. The highest BCUT2D eigenvalue weighted by molar-refractivity contribution is 7.81. The molecule has 1 unspecified atom stereocenters. The zero-order valence-corrected chi connectivity index (χ0v) is 23.2. The lowest BCUT2D eigenvalue weighted by Crippen LogP contribution is -2.32. The Bertz CT molecular complexity index is 1680. The number of nitrogens with one attached hydrogen (secondary N) is 1. The van der Waals surface area contributed by atoms with E-state index in [1.807, 2.05) is 0 Å².